The summed E-state index contributed by atoms with van der Waals surface area (Å²) in [6.45, 7) is 3.42. The first-order chi connectivity index (χ1) is 13.8. The van der Waals surface area contributed by atoms with Crippen molar-refractivity contribution in [2.75, 3.05) is 13.2 Å². The SMILES string of the molecule is CCCCCCCCCCOc1ccc(CCOC(=O)c2ccccc2)cc1. The molecule has 0 aliphatic heterocycles. The molecule has 0 bridgehead atoms. The molecular weight excluding hydrogens is 348 g/mol. The van der Waals surface area contributed by atoms with Crippen molar-refractivity contribution < 1.29 is 14.3 Å². The van der Waals surface area contributed by atoms with Gasteiger partial charge in [0.2, 0.25) is 0 Å². The Bertz CT molecular complexity index is 649. The van der Waals surface area contributed by atoms with Crippen LogP contribution in [0.1, 0.15) is 74.2 Å². The van der Waals surface area contributed by atoms with Crippen LogP contribution in [0.3, 0.4) is 0 Å². The summed E-state index contributed by atoms with van der Waals surface area (Å²) in [5.41, 5.74) is 1.73. The van der Waals surface area contributed by atoms with E-state index in [-0.39, 0.29) is 5.97 Å². The second-order valence-electron chi connectivity index (χ2n) is 7.22. The average Bonchev–Trinajstić information content (AvgIpc) is 2.74. The highest BCUT2D eigenvalue weighted by molar-refractivity contribution is 5.89. The third kappa shape index (κ3) is 9.07. The second kappa shape index (κ2) is 13.8. The van der Waals surface area contributed by atoms with Crippen LogP contribution in [-0.2, 0) is 11.2 Å². The highest BCUT2D eigenvalue weighted by Crippen LogP contribution is 2.14. The van der Waals surface area contributed by atoms with Gasteiger partial charge in [-0.25, -0.2) is 4.79 Å². The largest absolute Gasteiger partial charge is 0.494 e. The summed E-state index contributed by atoms with van der Waals surface area (Å²) >= 11 is 0. The first-order valence-electron chi connectivity index (χ1n) is 10.7. The van der Waals surface area contributed by atoms with Crippen molar-refractivity contribution in [2.24, 2.45) is 0 Å². The van der Waals surface area contributed by atoms with E-state index in [2.05, 4.69) is 6.92 Å². The van der Waals surface area contributed by atoms with E-state index in [1.54, 1.807) is 12.1 Å². The van der Waals surface area contributed by atoms with Crippen molar-refractivity contribution >= 4 is 5.97 Å². The van der Waals surface area contributed by atoms with Gasteiger partial charge < -0.3 is 9.47 Å². The Morgan fingerprint density at radius 2 is 1.39 bits per heavy atom. The predicted octanol–water partition coefficient (Wildman–Crippen LogP) is 6.61. The number of ether oxygens (including phenoxy) is 2. The molecule has 0 N–H and O–H groups in total. The van der Waals surface area contributed by atoms with E-state index in [9.17, 15) is 4.79 Å². The van der Waals surface area contributed by atoms with Crippen LogP contribution in [0.15, 0.2) is 54.6 Å². The number of benzene rings is 2. The molecule has 0 aliphatic rings. The number of rotatable bonds is 14. The van der Waals surface area contributed by atoms with E-state index in [1.807, 2.05) is 42.5 Å². The molecule has 0 saturated carbocycles. The van der Waals surface area contributed by atoms with Crippen molar-refractivity contribution in [2.45, 2.75) is 64.7 Å². The maximum Gasteiger partial charge on any atom is 0.338 e. The van der Waals surface area contributed by atoms with Crippen LogP contribution in [0.4, 0.5) is 0 Å². The Hall–Kier alpha value is -2.29. The molecule has 3 heteroatoms. The molecular formula is C25H34O3. The first kappa shape index (κ1) is 22.0. The van der Waals surface area contributed by atoms with Crippen molar-refractivity contribution in [3.05, 3.63) is 65.7 Å². The number of esters is 1. The fourth-order valence-electron chi connectivity index (χ4n) is 3.10. The van der Waals surface area contributed by atoms with E-state index in [0.29, 0.717) is 18.6 Å². The van der Waals surface area contributed by atoms with Crippen LogP contribution in [0.2, 0.25) is 0 Å². The standard InChI is InChI=1S/C25H34O3/c1-2-3-4-5-6-7-8-12-20-27-24-17-15-22(16-18-24)19-21-28-25(26)23-13-10-9-11-14-23/h9-11,13-18H,2-8,12,19-21H2,1H3. The zero-order valence-electron chi connectivity index (χ0n) is 17.2. The number of hydrogen-bond donors (Lipinski definition) is 0. The lowest BCUT2D eigenvalue weighted by Crippen LogP contribution is -2.08. The summed E-state index contributed by atoms with van der Waals surface area (Å²) in [5.74, 6) is 0.638. The number of carbonyl (C=O) groups excluding carboxylic acids is 1. The van der Waals surface area contributed by atoms with Crippen LogP contribution < -0.4 is 4.74 Å². The number of unbranched alkanes of at least 4 members (excludes halogenated alkanes) is 7. The van der Waals surface area contributed by atoms with Gasteiger partial charge in [-0.1, -0.05) is 82.2 Å². The van der Waals surface area contributed by atoms with Gasteiger partial charge in [-0.05, 0) is 36.2 Å². The fourth-order valence-corrected chi connectivity index (χ4v) is 3.10. The molecule has 0 saturated heterocycles. The molecule has 28 heavy (non-hydrogen) atoms. The summed E-state index contributed by atoms with van der Waals surface area (Å²) in [5, 5.41) is 0. The van der Waals surface area contributed by atoms with Crippen LogP contribution in [0, 0.1) is 0 Å². The number of hydrogen-bond acceptors (Lipinski definition) is 3. The van der Waals surface area contributed by atoms with Gasteiger partial charge in [0.15, 0.2) is 0 Å². The topological polar surface area (TPSA) is 35.5 Å². The van der Waals surface area contributed by atoms with Crippen LogP contribution in [-0.4, -0.2) is 19.2 Å². The Labute approximate surface area is 170 Å². The zero-order valence-corrected chi connectivity index (χ0v) is 17.2. The maximum atomic E-state index is 11.9. The van der Waals surface area contributed by atoms with Crippen molar-refractivity contribution in [3.63, 3.8) is 0 Å². The molecule has 0 amide bonds. The summed E-state index contributed by atoms with van der Waals surface area (Å²) in [6.07, 6.45) is 11.2. The molecule has 2 rings (SSSR count). The Morgan fingerprint density at radius 3 is 2.07 bits per heavy atom. The average molecular weight is 383 g/mol. The predicted molar refractivity (Wildman–Crippen MR) is 115 cm³/mol. The molecule has 2 aromatic rings. The summed E-state index contributed by atoms with van der Waals surface area (Å²) in [4.78, 5) is 11.9. The molecule has 0 radical (unpaired) electrons. The molecule has 0 unspecified atom stereocenters. The van der Waals surface area contributed by atoms with Crippen molar-refractivity contribution in [1.82, 2.24) is 0 Å². The zero-order chi connectivity index (χ0) is 19.9. The Kier molecular flexibility index (Phi) is 10.9. The minimum absolute atomic E-state index is 0.272. The summed E-state index contributed by atoms with van der Waals surface area (Å²) in [7, 11) is 0. The lowest BCUT2D eigenvalue weighted by molar-refractivity contribution is 0.0509. The van der Waals surface area contributed by atoms with Crippen LogP contribution in [0.5, 0.6) is 5.75 Å². The second-order valence-corrected chi connectivity index (χ2v) is 7.22. The molecule has 0 heterocycles. The molecule has 152 valence electrons. The summed E-state index contributed by atoms with van der Waals surface area (Å²) < 4.78 is 11.1. The van der Waals surface area contributed by atoms with Gasteiger partial charge in [-0.2, -0.15) is 0 Å². The number of carbonyl (C=O) groups is 1. The molecule has 3 nitrogen and oxygen atoms in total. The highest BCUT2D eigenvalue weighted by Gasteiger charge is 2.05. The Balaban J connectivity index is 1.54. The molecule has 0 aromatic heterocycles. The molecule has 2 aromatic carbocycles. The lowest BCUT2D eigenvalue weighted by Gasteiger charge is -2.08. The van der Waals surface area contributed by atoms with E-state index in [1.165, 1.54) is 44.9 Å². The third-order valence-electron chi connectivity index (χ3n) is 4.82. The Morgan fingerprint density at radius 1 is 0.750 bits per heavy atom. The van der Waals surface area contributed by atoms with Gasteiger partial charge >= 0.3 is 5.97 Å². The van der Waals surface area contributed by atoms with Crippen molar-refractivity contribution in [3.8, 4) is 5.75 Å². The third-order valence-corrected chi connectivity index (χ3v) is 4.82. The van der Waals surface area contributed by atoms with E-state index < -0.39 is 0 Å². The molecule has 0 spiro atoms. The van der Waals surface area contributed by atoms with Crippen molar-refractivity contribution in [1.29, 1.82) is 0 Å². The quantitative estimate of drug-likeness (QED) is 0.272. The summed E-state index contributed by atoms with van der Waals surface area (Å²) in [6, 6.07) is 17.2. The van der Waals surface area contributed by atoms with Crippen LogP contribution in [0.25, 0.3) is 0 Å². The highest BCUT2D eigenvalue weighted by atomic mass is 16.5. The first-order valence-corrected chi connectivity index (χ1v) is 10.7. The molecule has 0 atom stereocenters. The molecule has 0 aliphatic carbocycles. The minimum atomic E-state index is -0.272. The van der Waals surface area contributed by atoms with E-state index in [0.717, 1.165) is 24.3 Å². The smallest absolute Gasteiger partial charge is 0.338 e. The van der Waals surface area contributed by atoms with Crippen LogP contribution >= 0.6 is 0 Å². The minimum Gasteiger partial charge on any atom is -0.494 e. The fraction of sp³-hybridized carbons (Fsp3) is 0.480. The van der Waals surface area contributed by atoms with Gasteiger partial charge in [0, 0.05) is 6.42 Å². The monoisotopic (exact) mass is 382 g/mol. The van der Waals surface area contributed by atoms with Gasteiger partial charge in [0.25, 0.3) is 0 Å². The van der Waals surface area contributed by atoms with Gasteiger partial charge in [0.1, 0.15) is 5.75 Å². The maximum absolute atomic E-state index is 11.9. The molecule has 0 fully saturated rings. The van der Waals surface area contributed by atoms with Gasteiger partial charge in [-0.3, -0.25) is 0 Å². The normalized spacial score (nSPS) is 10.6. The van der Waals surface area contributed by atoms with Gasteiger partial charge in [-0.15, -0.1) is 0 Å². The lowest BCUT2D eigenvalue weighted by atomic mass is 10.1. The van der Waals surface area contributed by atoms with E-state index >= 15 is 0 Å². The van der Waals surface area contributed by atoms with Gasteiger partial charge in [0.05, 0.1) is 18.8 Å². The van der Waals surface area contributed by atoms with E-state index in [4.69, 9.17) is 9.47 Å².